The molecular formula is C20H22F3N5O3. The minimum atomic E-state index is -4.47. The van der Waals surface area contributed by atoms with Crippen LogP contribution in [-0.2, 0) is 11.0 Å². The number of aryl methyl sites for hydroxylation is 1. The van der Waals surface area contributed by atoms with Gasteiger partial charge < -0.3 is 25.4 Å². The van der Waals surface area contributed by atoms with Crippen LogP contribution in [0.15, 0.2) is 24.5 Å². The van der Waals surface area contributed by atoms with E-state index in [4.69, 9.17) is 4.74 Å². The number of likely N-dealkylation sites (N-methyl/N-ethyl adjacent to an activating group) is 1. The average Bonchev–Trinajstić information content (AvgIpc) is 2.66. The Bertz CT molecular complexity index is 1020. The number of halogens is 3. The largest absolute Gasteiger partial charge is 0.489 e. The number of fused-ring (bicyclic) bond motifs is 1. The Morgan fingerprint density at radius 2 is 2.03 bits per heavy atom. The molecule has 166 valence electrons. The molecule has 1 saturated carbocycles. The summed E-state index contributed by atoms with van der Waals surface area (Å²) in [7, 11) is 1.62. The molecule has 4 rings (SSSR count). The molecule has 1 amide bonds. The number of nitrogens with zero attached hydrogens (tertiary/aromatic N) is 3. The molecule has 8 nitrogen and oxygen atoms in total. The SMILES string of the molecule is Cc1nc(N[C@H]2C[C@H](Oc3cncc(C(F)(F)F)c3)C2)cc2c1NC(=O)[C@](C)(O)N2C. The molecular weight excluding hydrogens is 415 g/mol. The van der Waals surface area contributed by atoms with E-state index in [0.29, 0.717) is 35.7 Å². The maximum absolute atomic E-state index is 12.8. The Morgan fingerprint density at radius 1 is 1.32 bits per heavy atom. The summed E-state index contributed by atoms with van der Waals surface area (Å²) in [4.78, 5) is 21.6. The number of carbonyl (C=O) groups excluding carboxylic acids is 1. The highest BCUT2D eigenvalue weighted by Crippen LogP contribution is 2.39. The fourth-order valence-electron chi connectivity index (χ4n) is 3.59. The van der Waals surface area contributed by atoms with E-state index in [1.54, 1.807) is 20.0 Å². The molecule has 0 unspecified atom stereocenters. The zero-order chi connectivity index (χ0) is 22.6. The van der Waals surface area contributed by atoms with E-state index in [0.717, 1.165) is 12.3 Å². The lowest BCUT2D eigenvalue weighted by molar-refractivity contribution is -0.138. The van der Waals surface area contributed by atoms with Crippen molar-refractivity contribution in [2.75, 3.05) is 22.6 Å². The van der Waals surface area contributed by atoms with Crippen LogP contribution in [0.25, 0.3) is 0 Å². The second kappa shape index (κ2) is 7.26. The standard InChI is InChI=1S/C20H22F3N5O3/c1-10-17-15(28(3)19(2,30)18(29)27-17)7-16(25-10)26-12-5-13(6-12)31-14-4-11(8-24-9-14)20(21,22)23/h4,7-9,12-13,30H,5-6H2,1-3H3,(H,25,26)(H,27,29)/t12-,13-,19-/m0/s1. The molecule has 3 heterocycles. The summed E-state index contributed by atoms with van der Waals surface area (Å²) in [6, 6.07) is 2.71. The Kier molecular flexibility index (Phi) is 4.95. The van der Waals surface area contributed by atoms with E-state index < -0.39 is 23.4 Å². The monoisotopic (exact) mass is 437 g/mol. The van der Waals surface area contributed by atoms with Crippen molar-refractivity contribution in [2.24, 2.45) is 0 Å². The molecule has 0 radical (unpaired) electrons. The van der Waals surface area contributed by atoms with Crippen LogP contribution in [0, 0.1) is 6.92 Å². The Morgan fingerprint density at radius 3 is 2.71 bits per heavy atom. The van der Waals surface area contributed by atoms with Gasteiger partial charge in [-0.1, -0.05) is 0 Å². The number of aliphatic hydroxyl groups is 1. The highest BCUT2D eigenvalue weighted by molar-refractivity contribution is 6.05. The van der Waals surface area contributed by atoms with Crippen molar-refractivity contribution in [1.29, 1.82) is 0 Å². The van der Waals surface area contributed by atoms with Gasteiger partial charge in [-0.2, -0.15) is 13.2 Å². The van der Waals surface area contributed by atoms with Gasteiger partial charge in [0.15, 0.2) is 0 Å². The van der Waals surface area contributed by atoms with Crippen molar-refractivity contribution in [3.05, 3.63) is 35.8 Å². The second-order valence-corrected chi connectivity index (χ2v) is 7.98. The molecule has 0 spiro atoms. The van der Waals surface area contributed by atoms with Crippen LogP contribution >= 0.6 is 0 Å². The van der Waals surface area contributed by atoms with Gasteiger partial charge in [-0.25, -0.2) is 4.98 Å². The van der Waals surface area contributed by atoms with Gasteiger partial charge in [-0.15, -0.1) is 0 Å². The number of alkyl halides is 3. The Hall–Kier alpha value is -3.08. The zero-order valence-corrected chi connectivity index (χ0v) is 17.1. The highest BCUT2D eigenvalue weighted by atomic mass is 19.4. The normalized spacial score (nSPS) is 25.4. The number of aromatic nitrogens is 2. The summed E-state index contributed by atoms with van der Waals surface area (Å²) in [6.07, 6.45) is -1.51. The Balaban J connectivity index is 1.40. The quantitative estimate of drug-likeness (QED) is 0.676. The van der Waals surface area contributed by atoms with Crippen LogP contribution in [-0.4, -0.2) is 45.9 Å². The number of ether oxygens (including phenoxy) is 1. The topological polar surface area (TPSA) is 99.6 Å². The van der Waals surface area contributed by atoms with E-state index >= 15 is 0 Å². The van der Waals surface area contributed by atoms with Crippen LogP contribution in [0.4, 0.5) is 30.4 Å². The van der Waals surface area contributed by atoms with E-state index in [1.165, 1.54) is 18.0 Å². The summed E-state index contributed by atoms with van der Waals surface area (Å²) >= 11 is 0. The van der Waals surface area contributed by atoms with Gasteiger partial charge in [0.1, 0.15) is 17.7 Å². The molecule has 1 aliphatic heterocycles. The molecule has 11 heteroatoms. The lowest BCUT2D eigenvalue weighted by atomic mass is 9.89. The highest BCUT2D eigenvalue weighted by Gasteiger charge is 2.41. The number of rotatable bonds is 4. The zero-order valence-electron chi connectivity index (χ0n) is 17.1. The summed E-state index contributed by atoms with van der Waals surface area (Å²) in [5, 5.41) is 16.4. The van der Waals surface area contributed by atoms with Crippen LogP contribution < -0.4 is 20.3 Å². The van der Waals surface area contributed by atoms with Gasteiger partial charge in [0, 0.05) is 38.2 Å². The van der Waals surface area contributed by atoms with Crippen molar-refractivity contribution in [2.45, 2.75) is 50.7 Å². The van der Waals surface area contributed by atoms with Gasteiger partial charge in [0.05, 0.1) is 28.8 Å². The number of hydrogen-bond acceptors (Lipinski definition) is 7. The first-order valence-corrected chi connectivity index (χ1v) is 9.70. The number of anilines is 3. The average molecular weight is 437 g/mol. The summed E-state index contributed by atoms with van der Waals surface area (Å²) < 4.78 is 44.0. The molecule has 0 saturated heterocycles. The molecule has 2 aromatic rings. The van der Waals surface area contributed by atoms with Gasteiger partial charge >= 0.3 is 6.18 Å². The number of hydrogen-bond donors (Lipinski definition) is 3. The molecule has 1 fully saturated rings. The van der Waals surface area contributed by atoms with Crippen LogP contribution in [0.2, 0.25) is 0 Å². The third-order valence-electron chi connectivity index (χ3n) is 5.65. The maximum atomic E-state index is 12.8. The van der Waals surface area contributed by atoms with E-state index in [1.807, 2.05) is 0 Å². The van der Waals surface area contributed by atoms with E-state index in [9.17, 15) is 23.1 Å². The first-order valence-electron chi connectivity index (χ1n) is 9.70. The molecule has 1 atom stereocenters. The van der Waals surface area contributed by atoms with Crippen molar-refractivity contribution in [1.82, 2.24) is 9.97 Å². The van der Waals surface area contributed by atoms with Crippen molar-refractivity contribution < 1.29 is 27.8 Å². The third kappa shape index (κ3) is 3.97. The smallest absolute Gasteiger partial charge is 0.418 e. The number of pyridine rings is 2. The molecule has 2 aromatic heterocycles. The van der Waals surface area contributed by atoms with Gasteiger partial charge in [0.25, 0.3) is 5.91 Å². The number of nitrogens with one attached hydrogen (secondary N) is 2. The molecule has 2 aliphatic rings. The van der Waals surface area contributed by atoms with Gasteiger partial charge in [-0.3, -0.25) is 9.78 Å². The fraction of sp³-hybridized carbons (Fsp3) is 0.450. The molecule has 3 N–H and O–H groups in total. The fourth-order valence-corrected chi connectivity index (χ4v) is 3.59. The maximum Gasteiger partial charge on any atom is 0.418 e. The Labute approximate surface area is 176 Å². The van der Waals surface area contributed by atoms with E-state index in [2.05, 4.69) is 20.6 Å². The lowest BCUT2D eigenvalue weighted by Gasteiger charge is -2.40. The van der Waals surface area contributed by atoms with Crippen molar-refractivity contribution in [3.63, 3.8) is 0 Å². The number of amides is 1. The van der Waals surface area contributed by atoms with Gasteiger partial charge in [-0.05, 0) is 19.9 Å². The van der Waals surface area contributed by atoms with Crippen molar-refractivity contribution >= 4 is 23.1 Å². The molecule has 31 heavy (non-hydrogen) atoms. The van der Waals surface area contributed by atoms with Crippen molar-refractivity contribution in [3.8, 4) is 5.75 Å². The summed E-state index contributed by atoms with van der Waals surface area (Å²) in [5.41, 5.74) is -0.775. The van der Waals surface area contributed by atoms with E-state index in [-0.39, 0.29) is 17.9 Å². The predicted octanol–water partition coefficient (Wildman–Crippen LogP) is 2.92. The molecule has 1 aliphatic carbocycles. The number of carbonyl (C=O) groups is 1. The van der Waals surface area contributed by atoms with Gasteiger partial charge in [0.2, 0.25) is 5.72 Å². The summed E-state index contributed by atoms with van der Waals surface area (Å²) in [6.45, 7) is 3.16. The van der Waals surface area contributed by atoms with Crippen LogP contribution in [0.5, 0.6) is 5.75 Å². The predicted molar refractivity (Wildman–Crippen MR) is 107 cm³/mol. The van der Waals surface area contributed by atoms with Crippen LogP contribution in [0.1, 0.15) is 31.0 Å². The summed E-state index contributed by atoms with van der Waals surface area (Å²) in [5.74, 6) is 0.121. The third-order valence-corrected chi connectivity index (χ3v) is 5.65. The lowest BCUT2D eigenvalue weighted by Crippen LogP contribution is -2.56. The second-order valence-electron chi connectivity index (χ2n) is 7.98. The molecule has 0 bridgehead atoms. The first kappa shape index (κ1) is 21.2. The van der Waals surface area contributed by atoms with Crippen LogP contribution in [0.3, 0.4) is 0 Å². The minimum Gasteiger partial charge on any atom is -0.489 e. The first-order chi connectivity index (χ1) is 14.4. The minimum absolute atomic E-state index is 0.0257. The molecule has 0 aromatic carbocycles.